The summed E-state index contributed by atoms with van der Waals surface area (Å²) in [5.74, 6) is 0. The van der Waals surface area contributed by atoms with Crippen molar-refractivity contribution >= 4 is 25.8 Å². The van der Waals surface area contributed by atoms with Gasteiger partial charge in [0.15, 0.2) is 17.4 Å². The van der Waals surface area contributed by atoms with Crippen LogP contribution in [0.2, 0.25) is 0 Å². The molecule has 0 heterocycles. The van der Waals surface area contributed by atoms with Crippen LogP contribution in [0.25, 0.3) is 0 Å². The molecule has 0 aliphatic carbocycles. The largest absolute Gasteiger partial charge is 0.397 e. The first-order valence-electron chi connectivity index (χ1n) is 1.02. The lowest BCUT2D eigenvalue weighted by molar-refractivity contribution is 0.318. The van der Waals surface area contributed by atoms with Crippen LogP contribution < -0.4 is 0 Å². The van der Waals surface area contributed by atoms with Gasteiger partial charge in [-0.1, -0.05) is 0 Å². The van der Waals surface area contributed by atoms with Crippen LogP contribution in [0.1, 0.15) is 6.92 Å². The maximum atomic E-state index is 7.57. The van der Waals surface area contributed by atoms with E-state index in [-0.39, 0.29) is 32.4 Å². The molecule has 0 saturated carbocycles. The lowest BCUT2D eigenvalue weighted by Crippen LogP contribution is -1.57. The van der Waals surface area contributed by atoms with E-state index in [4.69, 9.17) is 5.11 Å². The summed E-state index contributed by atoms with van der Waals surface area (Å²) in [7, 11) is 0. The Labute approximate surface area is 45.1 Å². The van der Waals surface area contributed by atoms with E-state index >= 15 is 0 Å². The summed E-state index contributed by atoms with van der Waals surface area (Å²) in [4.78, 5) is 0. The summed E-state index contributed by atoms with van der Waals surface area (Å²) in [5, 5.41) is 7.57. The van der Waals surface area contributed by atoms with E-state index < -0.39 is 0 Å². The van der Waals surface area contributed by atoms with Crippen molar-refractivity contribution in [2.24, 2.45) is 0 Å². The van der Waals surface area contributed by atoms with E-state index in [1.807, 2.05) is 0 Å². The highest BCUT2D eigenvalue weighted by Crippen LogP contribution is 1.30. The van der Waals surface area contributed by atoms with Crippen molar-refractivity contribution in [3.63, 3.8) is 0 Å². The third kappa shape index (κ3) is 95.9. The number of rotatable bonds is 0. The predicted molar refractivity (Wildman–Crippen MR) is 28.5 cm³/mol. The number of hydrogen-bond acceptors (Lipinski definition) is 1. The topological polar surface area (TPSA) is 20.2 Å². The fourth-order valence-electron chi connectivity index (χ4n) is 0. The maximum absolute atomic E-state index is 7.57. The first-order chi connectivity index (χ1) is 1.41. The molecule has 0 rings (SSSR count). The molecule has 0 aromatic heterocycles. The average Bonchev–Trinajstić information content (AvgIpc) is 0.918. The van der Waals surface area contributed by atoms with Crippen LogP contribution in [0.3, 0.4) is 0 Å². The summed E-state index contributed by atoms with van der Waals surface area (Å²) in [6.45, 7) is 1.93. The molecule has 0 spiro atoms. The van der Waals surface area contributed by atoms with Crippen molar-refractivity contribution in [1.29, 1.82) is 0 Å². The van der Waals surface area contributed by atoms with Crippen molar-refractivity contribution in [2.45, 2.75) is 6.92 Å². The highest BCUT2D eigenvalue weighted by Gasteiger charge is 1.34. The quantitative estimate of drug-likeness (QED) is 0.354. The second-order valence-electron chi connectivity index (χ2n) is 0.316. The molecule has 1 N–H and O–H groups in total. The van der Waals surface area contributed by atoms with E-state index in [0.29, 0.717) is 0 Å². The Morgan fingerprint density at radius 1 is 1.60 bits per heavy atom. The lowest BCUT2D eigenvalue weighted by atomic mass is 10.8. The van der Waals surface area contributed by atoms with Gasteiger partial charge in [0.05, 0.1) is 0 Å². The minimum Gasteiger partial charge on any atom is -0.397 e. The normalized spacial score (nSPS) is 3.60. The lowest BCUT2D eigenvalue weighted by Gasteiger charge is -1.52. The van der Waals surface area contributed by atoms with Crippen molar-refractivity contribution in [2.75, 3.05) is 6.61 Å². The van der Waals surface area contributed by atoms with Crippen molar-refractivity contribution < 1.29 is 5.11 Å². The highest BCUT2D eigenvalue weighted by molar-refractivity contribution is 5.76. The van der Waals surface area contributed by atoms with Crippen LogP contribution in [0.5, 0.6) is 0 Å². The maximum Gasteiger partial charge on any atom is 0.187 e. The van der Waals surface area contributed by atoms with Crippen molar-refractivity contribution in [3.8, 4) is 0 Å². The molecular weight excluding hydrogens is 77.8 g/mol. The number of hydrogen-bond donors (Lipinski definition) is 1. The van der Waals surface area contributed by atoms with E-state index in [9.17, 15) is 0 Å². The van der Waals surface area contributed by atoms with Gasteiger partial charge in [0.2, 0.25) is 0 Å². The molecule has 0 bridgehead atoms. The van der Waals surface area contributed by atoms with Gasteiger partial charge in [-0.05, 0) is 6.92 Å². The molecule has 3 radical (unpaired) electrons. The number of aliphatic hydroxyl groups is 1. The fourth-order valence-corrected chi connectivity index (χ4v) is 0. The predicted octanol–water partition coefficient (Wildman–Crippen LogP) is -1.57. The Bertz CT molecular complexity index is 9.61. The van der Waals surface area contributed by atoms with Gasteiger partial charge in [-0.2, -0.15) is 0 Å². The summed E-state index contributed by atoms with van der Waals surface area (Å²) >= 11 is 0. The molecule has 0 saturated heterocycles. The summed E-state index contributed by atoms with van der Waals surface area (Å²) in [5.41, 5.74) is 0. The number of aliphatic hydroxyl groups excluding tert-OH is 1. The molecule has 1 nitrogen and oxygen atoms in total. The molecule has 5 heavy (non-hydrogen) atoms. The van der Waals surface area contributed by atoms with E-state index in [2.05, 4.69) is 0 Å². The van der Waals surface area contributed by atoms with Gasteiger partial charge in [0.1, 0.15) is 0 Å². The summed E-state index contributed by atoms with van der Waals surface area (Å²) in [6.07, 6.45) is 0. The van der Waals surface area contributed by atoms with E-state index in [0.717, 1.165) is 0 Å². The van der Waals surface area contributed by atoms with Gasteiger partial charge >= 0.3 is 0 Å². The van der Waals surface area contributed by atoms with Crippen LogP contribution >= 0.6 is 0 Å². The zero-order valence-electron chi connectivity index (χ0n) is 2.73. The zero-order valence-corrected chi connectivity index (χ0v) is 2.73. The van der Waals surface area contributed by atoms with Crippen LogP contribution in [-0.2, 0) is 0 Å². The summed E-state index contributed by atoms with van der Waals surface area (Å²) < 4.78 is 0. The minimum absolute atomic E-state index is 0. The molecule has 0 amide bonds. The molecule has 0 aliphatic rings. The standard InChI is InChI=1S/C2H6O.Al.B.3H/c1-2-3;;;;;/h3H,2H2,1H3;;;;;. The Morgan fingerprint density at radius 2 is 1.60 bits per heavy atom. The smallest absolute Gasteiger partial charge is 0.187 e. The SMILES string of the molecule is CCO.[AlH3].[B]. The fraction of sp³-hybridized carbons (Fsp3) is 1.00. The Hall–Kier alpha value is 0.557. The van der Waals surface area contributed by atoms with Gasteiger partial charge < -0.3 is 5.11 Å². The highest BCUT2D eigenvalue weighted by atomic mass is 27.0. The van der Waals surface area contributed by atoms with E-state index in [1.54, 1.807) is 6.92 Å². The Morgan fingerprint density at radius 3 is 1.60 bits per heavy atom. The average molecular weight is 86.9 g/mol. The molecule has 0 unspecified atom stereocenters. The van der Waals surface area contributed by atoms with Crippen LogP contribution in [0.15, 0.2) is 0 Å². The Balaban J connectivity index is -0.0000000200. The molecule has 0 atom stereocenters. The monoisotopic (exact) mass is 87.1 g/mol. The zero-order chi connectivity index (χ0) is 2.71. The molecule has 3 heteroatoms. The van der Waals surface area contributed by atoms with Crippen LogP contribution in [0, 0.1) is 0 Å². The molecule has 0 aromatic carbocycles. The second kappa shape index (κ2) is 23.8. The third-order valence-corrected chi connectivity index (χ3v) is 0. The third-order valence-electron chi connectivity index (χ3n) is 0. The van der Waals surface area contributed by atoms with Crippen molar-refractivity contribution in [1.82, 2.24) is 0 Å². The molecule has 0 fully saturated rings. The minimum atomic E-state index is 0. The van der Waals surface area contributed by atoms with E-state index in [1.165, 1.54) is 0 Å². The van der Waals surface area contributed by atoms with Crippen LogP contribution in [0.4, 0.5) is 0 Å². The van der Waals surface area contributed by atoms with Crippen molar-refractivity contribution in [3.05, 3.63) is 0 Å². The van der Waals surface area contributed by atoms with Crippen LogP contribution in [-0.4, -0.2) is 37.5 Å². The van der Waals surface area contributed by atoms with Gasteiger partial charge in [-0.25, -0.2) is 0 Å². The molecule has 0 aliphatic heterocycles. The van der Waals surface area contributed by atoms with Gasteiger partial charge in [0.25, 0.3) is 0 Å². The van der Waals surface area contributed by atoms with Gasteiger partial charge in [-0.15, -0.1) is 0 Å². The molecular formula is C2H9AlBO. The molecule has 0 aromatic rings. The summed E-state index contributed by atoms with van der Waals surface area (Å²) in [6, 6.07) is 0. The first-order valence-corrected chi connectivity index (χ1v) is 1.02. The second-order valence-corrected chi connectivity index (χ2v) is 0.316. The van der Waals surface area contributed by atoms with Gasteiger partial charge in [-0.3, -0.25) is 0 Å². The Kier molecular flexibility index (Phi) is 83.9. The van der Waals surface area contributed by atoms with Gasteiger partial charge in [0, 0.05) is 15.0 Å². The molecule has 29 valence electrons. The first kappa shape index (κ1) is 17.6.